The summed E-state index contributed by atoms with van der Waals surface area (Å²) in [5.74, 6) is -3.15. The monoisotopic (exact) mass is 553 g/mol. The first-order valence-corrected chi connectivity index (χ1v) is 13.0. The second-order valence-electron chi connectivity index (χ2n) is 10.1. The summed E-state index contributed by atoms with van der Waals surface area (Å²) < 4.78 is 6.48. The van der Waals surface area contributed by atoms with Crippen molar-refractivity contribution in [2.45, 2.75) is 70.9 Å². The van der Waals surface area contributed by atoms with Crippen LogP contribution in [0.3, 0.4) is 0 Å². The van der Waals surface area contributed by atoms with Crippen LogP contribution in [-0.4, -0.2) is 49.0 Å². The molecule has 4 N–H and O–H groups in total. The number of nitrogens with one attached hydrogen (secondary N) is 2. The Morgan fingerprint density at radius 2 is 1.85 bits per heavy atom. The van der Waals surface area contributed by atoms with Crippen LogP contribution in [0.5, 0.6) is 0 Å². The summed E-state index contributed by atoms with van der Waals surface area (Å²) in [6.45, 7) is 3.03. The SMILES string of the molecule is CC(=O)NC(c1cn(C(CC(=O)O)C(=O)Nc2ccc3c(C)c(CC(=O)O)c(=O)oc3c2)nn1)C1CCCCC1. The first-order valence-electron chi connectivity index (χ1n) is 13.0. The molecule has 2 amide bonds. The van der Waals surface area contributed by atoms with Gasteiger partial charge >= 0.3 is 17.6 Å². The summed E-state index contributed by atoms with van der Waals surface area (Å²) in [4.78, 5) is 60.3. The normalized spacial score (nSPS) is 15.3. The smallest absolute Gasteiger partial charge is 0.340 e. The van der Waals surface area contributed by atoms with Crippen LogP contribution in [0.4, 0.5) is 5.69 Å². The average molecular weight is 554 g/mol. The molecule has 3 aromatic rings. The van der Waals surface area contributed by atoms with Crippen LogP contribution in [0, 0.1) is 12.8 Å². The van der Waals surface area contributed by atoms with Crippen molar-refractivity contribution >= 4 is 40.4 Å². The highest BCUT2D eigenvalue weighted by Gasteiger charge is 2.31. The molecule has 2 atom stereocenters. The van der Waals surface area contributed by atoms with Gasteiger partial charge in [0.25, 0.3) is 0 Å². The number of aryl methyl sites for hydroxylation is 1. The second-order valence-corrected chi connectivity index (χ2v) is 10.1. The molecule has 2 unspecified atom stereocenters. The van der Waals surface area contributed by atoms with Gasteiger partial charge in [0.2, 0.25) is 11.8 Å². The van der Waals surface area contributed by atoms with Crippen LogP contribution in [0.1, 0.15) is 74.4 Å². The highest BCUT2D eigenvalue weighted by atomic mass is 16.4. The van der Waals surface area contributed by atoms with Gasteiger partial charge in [0.05, 0.1) is 30.6 Å². The van der Waals surface area contributed by atoms with E-state index < -0.39 is 48.4 Å². The number of nitrogens with zero attached hydrogens (tertiary/aromatic N) is 3. The lowest BCUT2D eigenvalue weighted by Crippen LogP contribution is -2.33. The molecule has 212 valence electrons. The van der Waals surface area contributed by atoms with E-state index in [1.54, 1.807) is 13.0 Å². The molecule has 2 heterocycles. The van der Waals surface area contributed by atoms with Crippen molar-refractivity contribution in [2.24, 2.45) is 5.92 Å². The van der Waals surface area contributed by atoms with Crippen molar-refractivity contribution in [1.29, 1.82) is 0 Å². The maximum absolute atomic E-state index is 13.3. The van der Waals surface area contributed by atoms with Crippen LogP contribution in [0.2, 0.25) is 0 Å². The minimum Gasteiger partial charge on any atom is -0.481 e. The number of aromatic nitrogens is 3. The number of hydrogen-bond donors (Lipinski definition) is 4. The number of amides is 2. The number of carbonyl (C=O) groups excluding carboxylic acids is 2. The minimum atomic E-state index is -1.26. The lowest BCUT2D eigenvalue weighted by Gasteiger charge is -2.29. The first kappa shape index (κ1) is 28.5. The molecule has 1 aliphatic rings. The van der Waals surface area contributed by atoms with E-state index in [2.05, 4.69) is 20.9 Å². The molecule has 40 heavy (non-hydrogen) atoms. The summed E-state index contributed by atoms with van der Waals surface area (Å²) in [6.07, 6.45) is 5.44. The van der Waals surface area contributed by atoms with Gasteiger partial charge in [-0.05, 0) is 43.4 Å². The van der Waals surface area contributed by atoms with E-state index in [9.17, 15) is 29.1 Å². The summed E-state index contributed by atoms with van der Waals surface area (Å²) >= 11 is 0. The zero-order chi connectivity index (χ0) is 29.0. The predicted octanol–water partition coefficient (Wildman–Crippen LogP) is 2.73. The van der Waals surface area contributed by atoms with E-state index in [-0.39, 0.29) is 28.7 Å². The zero-order valence-electron chi connectivity index (χ0n) is 22.2. The fraction of sp³-hybridized carbons (Fsp3) is 0.444. The van der Waals surface area contributed by atoms with Crippen LogP contribution in [-0.2, 0) is 25.6 Å². The van der Waals surface area contributed by atoms with Crippen molar-refractivity contribution in [1.82, 2.24) is 20.3 Å². The van der Waals surface area contributed by atoms with Crippen LogP contribution in [0.25, 0.3) is 11.0 Å². The lowest BCUT2D eigenvalue weighted by molar-refractivity contribution is -0.140. The number of anilines is 1. The Balaban J connectivity index is 1.60. The standard InChI is InChI=1S/C27H31N5O8/c1-14-18-9-8-17(10-22(18)40-27(39)19(14)11-23(34)35)29-26(38)21(12-24(36)37)32-13-20(30-31-32)25(28-15(2)33)16-6-4-3-5-7-16/h8-10,13,16,21,25H,3-7,11-12H2,1-2H3,(H,28,33)(H,29,38)(H,34,35)(H,36,37). The van der Waals surface area contributed by atoms with Gasteiger partial charge in [-0.3, -0.25) is 19.2 Å². The molecule has 4 rings (SSSR count). The van der Waals surface area contributed by atoms with E-state index >= 15 is 0 Å². The summed E-state index contributed by atoms with van der Waals surface area (Å²) in [5.41, 5.74) is 0.521. The van der Waals surface area contributed by atoms with Crippen molar-refractivity contribution in [3.63, 3.8) is 0 Å². The second kappa shape index (κ2) is 12.1. The number of aliphatic carboxylic acids is 2. The Bertz CT molecular complexity index is 1500. The van der Waals surface area contributed by atoms with Crippen molar-refractivity contribution in [3.05, 3.63) is 51.6 Å². The average Bonchev–Trinajstić information content (AvgIpc) is 3.38. The van der Waals surface area contributed by atoms with Gasteiger partial charge < -0.3 is 25.3 Å². The van der Waals surface area contributed by atoms with E-state index in [1.807, 2.05) is 0 Å². The molecular weight excluding hydrogens is 522 g/mol. The number of hydrogen-bond acceptors (Lipinski definition) is 8. The molecule has 1 aliphatic carbocycles. The molecule has 0 saturated heterocycles. The van der Waals surface area contributed by atoms with E-state index in [0.29, 0.717) is 16.6 Å². The Morgan fingerprint density at radius 1 is 1.12 bits per heavy atom. The quantitative estimate of drug-likeness (QED) is 0.271. The van der Waals surface area contributed by atoms with E-state index in [0.717, 1.165) is 32.1 Å². The highest BCUT2D eigenvalue weighted by Crippen LogP contribution is 2.34. The Hall–Kier alpha value is -4.55. The Labute approximate surface area is 228 Å². The van der Waals surface area contributed by atoms with Crippen molar-refractivity contribution < 1.29 is 33.8 Å². The number of rotatable bonds is 10. The highest BCUT2D eigenvalue weighted by molar-refractivity contribution is 5.97. The van der Waals surface area contributed by atoms with Crippen molar-refractivity contribution in [3.8, 4) is 0 Å². The van der Waals surface area contributed by atoms with E-state index in [1.165, 1.54) is 29.9 Å². The summed E-state index contributed by atoms with van der Waals surface area (Å²) in [6, 6.07) is 2.87. The largest absolute Gasteiger partial charge is 0.481 e. The number of benzene rings is 1. The maximum atomic E-state index is 13.3. The van der Waals surface area contributed by atoms with Crippen molar-refractivity contribution in [2.75, 3.05) is 5.32 Å². The molecule has 1 saturated carbocycles. The summed E-state index contributed by atoms with van der Waals surface area (Å²) in [7, 11) is 0. The van der Waals surface area contributed by atoms with Gasteiger partial charge in [-0.1, -0.05) is 24.5 Å². The van der Waals surface area contributed by atoms with Gasteiger partial charge in [-0.25, -0.2) is 9.48 Å². The number of carbonyl (C=O) groups is 4. The molecule has 0 aliphatic heterocycles. The first-order chi connectivity index (χ1) is 19.0. The molecule has 13 nitrogen and oxygen atoms in total. The predicted molar refractivity (Wildman–Crippen MR) is 142 cm³/mol. The topological polar surface area (TPSA) is 194 Å². The molecule has 0 bridgehead atoms. The van der Waals surface area contributed by atoms with Gasteiger partial charge in [0, 0.05) is 24.1 Å². The molecule has 13 heteroatoms. The third-order valence-corrected chi connectivity index (χ3v) is 7.20. The maximum Gasteiger partial charge on any atom is 0.340 e. The number of carboxylic acid groups (broad SMARTS) is 2. The fourth-order valence-corrected chi connectivity index (χ4v) is 5.23. The van der Waals surface area contributed by atoms with Gasteiger partial charge in [0.15, 0.2) is 0 Å². The summed E-state index contributed by atoms with van der Waals surface area (Å²) in [5, 5.41) is 32.9. The Morgan fingerprint density at radius 3 is 2.50 bits per heavy atom. The van der Waals surface area contributed by atoms with E-state index in [4.69, 9.17) is 9.52 Å². The lowest BCUT2D eigenvalue weighted by atomic mass is 9.83. The fourth-order valence-electron chi connectivity index (χ4n) is 5.23. The van der Waals surface area contributed by atoms with Crippen LogP contribution >= 0.6 is 0 Å². The van der Waals surface area contributed by atoms with Crippen LogP contribution < -0.4 is 16.3 Å². The Kier molecular flexibility index (Phi) is 8.61. The minimum absolute atomic E-state index is 0.0334. The third-order valence-electron chi connectivity index (χ3n) is 7.20. The number of carboxylic acids is 2. The van der Waals surface area contributed by atoms with Gasteiger partial charge in [0.1, 0.15) is 17.3 Å². The van der Waals surface area contributed by atoms with Gasteiger partial charge in [-0.15, -0.1) is 5.10 Å². The molecule has 2 aromatic heterocycles. The molecule has 0 spiro atoms. The molecule has 1 aromatic carbocycles. The van der Waals surface area contributed by atoms with Crippen LogP contribution in [0.15, 0.2) is 33.6 Å². The zero-order valence-corrected chi connectivity index (χ0v) is 22.2. The number of fused-ring (bicyclic) bond motifs is 1. The third kappa shape index (κ3) is 6.53. The molecule has 0 radical (unpaired) electrons. The molecular formula is C27H31N5O8. The molecule has 1 fully saturated rings. The van der Waals surface area contributed by atoms with Gasteiger partial charge in [-0.2, -0.15) is 0 Å².